The van der Waals surface area contributed by atoms with Crippen molar-refractivity contribution in [2.75, 3.05) is 0 Å². The van der Waals surface area contributed by atoms with E-state index in [0.29, 0.717) is 0 Å². The monoisotopic (exact) mass is 186 g/mol. The molecule has 2 aromatic rings. The summed E-state index contributed by atoms with van der Waals surface area (Å²) in [6.45, 7) is 2.17. The second-order valence-electron chi connectivity index (χ2n) is 4.14. The summed E-state index contributed by atoms with van der Waals surface area (Å²) in [6.07, 6.45) is 6.12. The van der Waals surface area contributed by atoms with Crippen LogP contribution in [-0.4, -0.2) is 9.38 Å². The van der Waals surface area contributed by atoms with Gasteiger partial charge in [-0.15, -0.1) is 0 Å². The van der Waals surface area contributed by atoms with Gasteiger partial charge in [-0.1, -0.05) is 12.5 Å². The number of pyridine rings is 1. The number of fused-ring (bicyclic) bond motifs is 1. The molecule has 1 fully saturated rings. The van der Waals surface area contributed by atoms with Gasteiger partial charge in [-0.05, 0) is 31.9 Å². The number of aromatic nitrogens is 2. The molecule has 0 spiro atoms. The average Bonchev–Trinajstić information content (AvgIpc) is 2.43. The Bertz CT molecular complexity index is 466. The first-order valence-corrected chi connectivity index (χ1v) is 5.30. The first kappa shape index (κ1) is 8.04. The molecule has 2 nitrogen and oxygen atoms in total. The van der Waals surface area contributed by atoms with Gasteiger partial charge in [0.2, 0.25) is 0 Å². The third kappa shape index (κ3) is 0.999. The maximum Gasteiger partial charge on any atom is 0.137 e. The third-order valence-corrected chi connectivity index (χ3v) is 3.30. The lowest BCUT2D eigenvalue weighted by molar-refractivity contribution is 0.411. The van der Waals surface area contributed by atoms with E-state index in [4.69, 9.17) is 4.98 Å². The van der Waals surface area contributed by atoms with Crippen LogP contribution in [0.15, 0.2) is 24.4 Å². The van der Waals surface area contributed by atoms with Gasteiger partial charge in [0.15, 0.2) is 0 Å². The van der Waals surface area contributed by atoms with Gasteiger partial charge in [0, 0.05) is 17.8 Å². The molecule has 2 heterocycles. The minimum Gasteiger partial charge on any atom is -0.304 e. The number of aryl methyl sites for hydroxylation is 1. The second kappa shape index (κ2) is 2.84. The molecule has 14 heavy (non-hydrogen) atoms. The summed E-state index contributed by atoms with van der Waals surface area (Å²) in [4.78, 5) is 4.70. The zero-order chi connectivity index (χ0) is 9.54. The van der Waals surface area contributed by atoms with Gasteiger partial charge in [-0.25, -0.2) is 4.98 Å². The molecule has 3 rings (SSSR count). The molecule has 72 valence electrons. The molecule has 0 aliphatic heterocycles. The van der Waals surface area contributed by atoms with Crippen molar-refractivity contribution in [3.8, 4) is 0 Å². The standard InChI is InChI=1S/C12H14N2/c1-9-12(10-5-4-6-10)13-11-7-2-3-8-14(9)11/h2-3,7-8,10H,4-6H2,1H3. The lowest BCUT2D eigenvalue weighted by Crippen LogP contribution is -2.10. The topological polar surface area (TPSA) is 17.3 Å². The molecule has 2 heteroatoms. The van der Waals surface area contributed by atoms with Crippen molar-refractivity contribution in [3.05, 3.63) is 35.8 Å². The SMILES string of the molecule is Cc1c(C2CCC2)nc2ccccn12. The fourth-order valence-electron chi connectivity index (χ4n) is 2.20. The van der Waals surface area contributed by atoms with Crippen LogP contribution < -0.4 is 0 Å². The highest BCUT2D eigenvalue weighted by Crippen LogP contribution is 2.37. The van der Waals surface area contributed by atoms with Crippen molar-refractivity contribution in [2.45, 2.75) is 32.1 Å². The molecule has 0 unspecified atom stereocenters. The number of hydrogen-bond acceptors (Lipinski definition) is 1. The molecular weight excluding hydrogens is 172 g/mol. The van der Waals surface area contributed by atoms with E-state index in [-0.39, 0.29) is 0 Å². The summed E-state index contributed by atoms with van der Waals surface area (Å²) in [6, 6.07) is 6.19. The lowest BCUT2D eigenvalue weighted by atomic mass is 9.82. The summed E-state index contributed by atoms with van der Waals surface area (Å²) in [5.41, 5.74) is 3.74. The predicted molar refractivity (Wildman–Crippen MR) is 56.5 cm³/mol. The maximum absolute atomic E-state index is 4.70. The largest absolute Gasteiger partial charge is 0.304 e. The molecule has 0 saturated heterocycles. The van der Waals surface area contributed by atoms with Gasteiger partial charge in [0.05, 0.1) is 5.69 Å². The van der Waals surface area contributed by atoms with Gasteiger partial charge >= 0.3 is 0 Å². The molecule has 0 amide bonds. The molecule has 1 aliphatic rings. The molecule has 0 N–H and O–H groups in total. The Morgan fingerprint density at radius 3 is 2.86 bits per heavy atom. The summed E-state index contributed by atoms with van der Waals surface area (Å²) in [5, 5.41) is 0. The average molecular weight is 186 g/mol. The fourth-order valence-corrected chi connectivity index (χ4v) is 2.20. The molecule has 0 atom stereocenters. The summed E-state index contributed by atoms with van der Waals surface area (Å²) < 4.78 is 2.19. The first-order chi connectivity index (χ1) is 6.86. The Balaban J connectivity index is 2.19. The van der Waals surface area contributed by atoms with E-state index < -0.39 is 0 Å². The van der Waals surface area contributed by atoms with Crippen LogP contribution in [0, 0.1) is 6.92 Å². The number of hydrogen-bond donors (Lipinski definition) is 0. The van der Waals surface area contributed by atoms with Crippen LogP contribution in [0.5, 0.6) is 0 Å². The van der Waals surface area contributed by atoms with Crippen LogP contribution >= 0.6 is 0 Å². The van der Waals surface area contributed by atoms with Gasteiger partial charge in [-0.2, -0.15) is 0 Å². The lowest BCUT2D eigenvalue weighted by Gasteiger charge is -2.23. The summed E-state index contributed by atoms with van der Waals surface area (Å²) in [5.74, 6) is 0.731. The fraction of sp³-hybridized carbons (Fsp3) is 0.417. The Morgan fingerprint density at radius 1 is 1.36 bits per heavy atom. The third-order valence-electron chi connectivity index (χ3n) is 3.30. The van der Waals surface area contributed by atoms with Gasteiger partial charge in [0.25, 0.3) is 0 Å². The normalized spacial score (nSPS) is 17.2. The van der Waals surface area contributed by atoms with Crippen molar-refractivity contribution in [3.63, 3.8) is 0 Å². The molecule has 1 saturated carbocycles. The molecule has 0 bridgehead atoms. The number of imidazole rings is 1. The predicted octanol–water partition coefficient (Wildman–Crippen LogP) is 2.91. The zero-order valence-electron chi connectivity index (χ0n) is 8.40. The first-order valence-electron chi connectivity index (χ1n) is 5.30. The highest BCUT2D eigenvalue weighted by atomic mass is 15.0. The molecule has 0 aromatic carbocycles. The van der Waals surface area contributed by atoms with Crippen molar-refractivity contribution in [1.29, 1.82) is 0 Å². The summed E-state index contributed by atoms with van der Waals surface area (Å²) >= 11 is 0. The number of nitrogens with zero attached hydrogens (tertiary/aromatic N) is 2. The highest BCUT2D eigenvalue weighted by molar-refractivity contribution is 5.43. The van der Waals surface area contributed by atoms with E-state index >= 15 is 0 Å². The van der Waals surface area contributed by atoms with Crippen molar-refractivity contribution >= 4 is 5.65 Å². The van der Waals surface area contributed by atoms with Crippen molar-refractivity contribution in [1.82, 2.24) is 9.38 Å². The second-order valence-corrected chi connectivity index (χ2v) is 4.14. The van der Waals surface area contributed by atoms with E-state index in [1.165, 1.54) is 30.7 Å². The molecule has 0 radical (unpaired) electrons. The van der Waals surface area contributed by atoms with E-state index in [9.17, 15) is 0 Å². The zero-order valence-corrected chi connectivity index (χ0v) is 8.40. The maximum atomic E-state index is 4.70. The minimum absolute atomic E-state index is 0.731. The van der Waals surface area contributed by atoms with Crippen LogP contribution in [-0.2, 0) is 0 Å². The Kier molecular flexibility index (Phi) is 1.63. The molecule has 2 aromatic heterocycles. The molecule has 1 aliphatic carbocycles. The van der Waals surface area contributed by atoms with Crippen molar-refractivity contribution < 1.29 is 0 Å². The van der Waals surface area contributed by atoms with E-state index in [1.54, 1.807) is 0 Å². The summed E-state index contributed by atoms with van der Waals surface area (Å²) in [7, 11) is 0. The minimum atomic E-state index is 0.731. The van der Waals surface area contributed by atoms with Crippen molar-refractivity contribution in [2.24, 2.45) is 0 Å². The Morgan fingerprint density at radius 2 is 2.21 bits per heavy atom. The van der Waals surface area contributed by atoms with Gasteiger partial charge in [0.1, 0.15) is 5.65 Å². The number of rotatable bonds is 1. The van der Waals surface area contributed by atoms with Crippen LogP contribution in [0.25, 0.3) is 5.65 Å². The Labute approximate surface area is 83.6 Å². The highest BCUT2D eigenvalue weighted by Gasteiger charge is 2.24. The van der Waals surface area contributed by atoms with E-state index in [1.807, 2.05) is 6.07 Å². The van der Waals surface area contributed by atoms with Crippen LogP contribution in [0.3, 0.4) is 0 Å². The molecular formula is C12H14N2. The van der Waals surface area contributed by atoms with E-state index in [0.717, 1.165) is 11.6 Å². The van der Waals surface area contributed by atoms with Gasteiger partial charge in [-0.3, -0.25) is 0 Å². The Hall–Kier alpha value is -1.31. The quantitative estimate of drug-likeness (QED) is 0.669. The van der Waals surface area contributed by atoms with Crippen LogP contribution in [0.4, 0.5) is 0 Å². The van der Waals surface area contributed by atoms with Crippen LogP contribution in [0.2, 0.25) is 0 Å². The van der Waals surface area contributed by atoms with E-state index in [2.05, 4.69) is 29.7 Å². The van der Waals surface area contributed by atoms with Gasteiger partial charge < -0.3 is 4.40 Å². The van der Waals surface area contributed by atoms with Crippen LogP contribution in [0.1, 0.15) is 36.6 Å². The smallest absolute Gasteiger partial charge is 0.137 e.